The van der Waals surface area contributed by atoms with Gasteiger partial charge in [0.15, 0.2) is 0 Å². The number of nitrogens with zero attached hydrogens (tertiary/aromatic N) is 1. The van der Waals surface area contributed by atoms with Crippen molar-refractivity contribution >= 4 is 34.8 Å². The summed E-state index contributed by atoms with van der Waals surface area (Å²) in [5.74, 6) is 0. The average Bonchev–Trinajstić information content (AvgIpc) is 2.33. The Hall–Kier alpha value is -0.800. The Labute approximate surface area is 114 Å². The molecular weight excluding hydrogens is 279 g/mol. The summed E-state index contributed by atoms with van der Waals surface area (Å²) in [5.41, 5.74) is 7.52. The van der Waals surface area contributed by atoms with Gasteiger partial charge in [0.2, 0.25) is 0 Å². The highest BCUT2D eigenvalue weighted by Gasteiger charge is 2.15. The van der Waals surface area contributed by atoms with Gasteiger partial charge in [-0.1, -0.05) is 46.9 Å². The zero-order valence-corrected chi connectivity index (χ0v) is 11.0. The lowest BCUT2D eigenvalue weighted by Crippen LogP contribution is -2.13. The topological polar surface area (TPSA) is 38.9 Å². The van der Waals surface area contributed by atoms with Crippen molar-refractivity contribution in [3.05, 3.63) is 62.9 Å². The smallest absolute Gasteiger partial charge is 0.0741 e. The van der Waals surface area contributed by atoms with Crippen LogP contribution in [0.5, 0.6) is 0 Å². The summed E-state index contributed by atoms with van der Waals surface area (Å²) in [6.45, 7) is 0. The van der Waals surface area contributed by atoms with Crippen molar-refractivity contribution in [3.8, 4) is 0 Å². The van der Waals surface area contributed by atoms with Crippen molar-refractivity contribution in [1.82, 2.24) is 4.98 Å². The molecule has 0 saturated carbocycles. The van der Waals surface area contributed by atoms with Gasteiger partial charge in [-0.2, -0.15) is 0 Å². The van der Waals surface area contributed by atoms with Gasteiger partial charge in [-0.05, 0) is 23.8 Å². The van der Waals surface area contributed by atoms with E-state index in [2.05, 4.69) is 4.98 Å². The molecule has 0 saturated heterocycles. The van der Waals surface area contributed by atoms with Crippen LogP contribution in [0.4, 0.5) is 0 Å². The molecule has 2 aromatic rings. The number of pyridine rings is 1. The molecule has 0 aliphatic carbocycles. The Bertz CT molecular complexity index is 526. The number of aromatic nitrogens is 1. The lowest BCUT2D eigenvalue weighted by molar-refractivity contribution is 0.829. The maximum atomic E-state index is 6.10. The van der Waals surface area contributed by atoms with E-state index in [1.165, 1.54) is 0 Å². The zero-order valence-electron chi connectivity index (χ0n) is 8.70. The summed E-state index contributed by atoms with van der Waals surface area (Å²) >= 11 is 17.8. The average molecular weight is 288 g/mol. The third kappa shape index (κ3) is 2.72. The summed E-state index contributed by atoms with van der Waals surface area (Å²) in [7, 11) is 0. The van der Waals surface area contributed by atoms with Gasteiger partial charge in [-0.3, -0.25) is 4.98 Å². The maximum Gasteiger partial charge on any atom is 0.0741 e. The number of nitrogens with two attached hydrogens (primary N) is 1. The SMILES string of the molecule is NC(c1ccc(Cl)cn1)c1cccc(Cl)c1Cl. The van der Waals surface area contributed by atoms with E-state index in [-0.39, 0.29) is 0 Å². The lowest BCUT2D eigenvalue weighted by Gasteiger charge is -2.13. The highest BCUT2D eigenvalue weighted by atomic mass is 35.5. The predicted molar refractivity (Wildman–Crippen MR) is 71.7 cm³/mol. The summed E-state index contributed by atoms with van der Waals surface area (Å²) in [6.07, 6.45) is 1.55. The maximum absolute atomic E-state index is 6.10. The van der Waals surface area contributed by atoms with Crippen molar-refractivity contribution in [2.75, 3.05) is 0 Å². The van der Waals surface area contributed by atoms with E-state index in [1.807, 2.05) is 6.07 Å². The van der Waals surface area contributed by atoms with Gasteiger partial charge >= 0.3 is 0 Å². The summed E-state index contributed by atoms with van der Waals surface area (Å²) in [6, 6.07) is 8.44. The first-order valence-electron chi connectivity index (χ1n) is 4.90. The second-order valence-corrected chi connectivity index (χ2v) is 4.74. The van der Waals surface area contributed by atoms with Crippen LogP contribution in [0.1, 0.15) is 17.3 Å². The Morgan fingerprint density at radius 3 is 2.47 bits per heavy atom. The van der Waals surface area contributed by atoms with Gasteiger partial charge in [0, 0.05) is 6.20 Å². The fourth-order valence-electron chi connectivity index (χ4n) is 1.49. The molecule has 88 valence electrons. The largest absolute Gasteiger partial charge is 0.319 e. The number of hydrogen-bond acceptors (Lipinski definition) is 2. The first kappa shape index (κ1) is 12.7. The van der Waals surface area contributed by atoms with E-state index < -0.39 is 6.04 Å². The van der Waals surface area contributed by atoms with Gasteiger partial charge in [-0.25, -0.2) is 0 Å². The number of rotatable bonds is 2. The summed E-state index contributed by atoms with van der Waals surface area (Å²) < 4.78 is 0. The van der Waals surface area contributed by atoms with Crippen LogP contribution in [0.25, 0.3) is 0 Å². The molecule has 0 aliphatic heterocycles. The van der Waals surface area contributed by atoms with Crippen LogP contribution in [0.15, 0.2) is 36.5 Å². The zero-order chi connectivity index (χ0) is 12.4. The Morgan fingerprint density at radius 1 is 1.06 bits per heavy atom. The molecule has 17 heavy (non-hydrogen) atoms. The fourth-order valence-corrected chi connectivity index (χ4v) is 2.03. The van der Waals surface area contributed by atoms with Crippen molar-refractivity contribution in [2.24, 2.45) is 5.73 Å². The van der Waals surface area contributed by atoms with E-state index >= 15 is 0 Å². The standard InChI is InChI=1S/C12H9Cl3N2/c13-7-4-5-10(17-6-7)12(16)8-2-1-3-9(14)11(8)15/h1-6,12H,16H2. The fraction of sp³-hybridized carbons (Fsp3) is 0.0833. The van der Waals surface area contributed by atoms with Crippen LogP contribution in [0.3, 0.4) is 0 Å². The van der Waals surface area contributed by atoms with Crippen LogP contribution in [0.2, 0.25) is 15.1 Å². The molecular formula is C12H9Cl3N2. The number of hydrogen-bond donors (Lipinski definition) is 1. The first-order chi connectivity index (χ1) is 8.09. The van der Waals surface area contributed by atoms with Crippen LogP contribution < -0.4 is 5.73 Å². The van der Waals surface area contributed by atoms with E-state index in [4.69, 9.17) is 40.5 Å². The van der Waals surface area contributed by atoms with Crippen molar-refractivity contribution in [1.29, 1.82) is 0 Å². The summed E-state index contributed by atoms with van der Waals surface area (Å²) in [4.78, 5) is 4.17. The summed E-state index contributed by atoms with van der Waals surface area (Å²) in [5, 5.41) is 1.50. The second kappa shape index (κ2) is 5.23. The normalized spacial score (nSPS) is 12.5. The van der Waals surface area contributed by atoms with Gasteiger partial charge in [-0.15, -0.1) is 0 Å². The van der Waals surface area contributed by atoms with Crippen molar-refractivity contribution in [3.63, 3.8) is 0 Å². The molecule has 1 unspecified atom stereocenters. The van der Waals surface area contributed by atoms with Crippen LogP contribution >= 0.6 is 34.8 Å². The second-order valence-electron chi connectivity index (χ2n) is 3.52. The van der Waals surface area contributed by atoms with E-state index in [9.17, 15) is 0 Å². The molecule has 1 atom stereocenters. The third-order valence-electron chi connectivity index (χ3n) is 2.39. The Morgan fingerprint density at radius 2 is 1.82 bits per heavy atom. The highest BCUT2D eigenvalue weighted by molar-refractivity contribution is 6.42. The molecule has 1 aromatic heterocycles. The third-order valence-corrected chi connectivity index (χ3v) is 3.44. The molecule has 2 rings (SSSR count). The molecule has 0 aliphatic rings. The molecule has 0 fully saturated rings. The molecule has 0 radical (unpaired) electrons. The molecule has 0 bridgehead atoms. The molecule has 0 spiro atoms. The number of benzene rings is 1. The Kier molecular flexibility index (Phi) is 3.89. The van der Waals surface area contributed by atoms with Gasteiger partial charge in [0.25, 0.3) is 0 Å². The van der Waals surface area contributed by atoms with Crippen LogP contribution in [0, 0.1) is 0 Å². The minimum Gasteiger partial charge on any atom is -0.319 e. The van der Waals surface area contributed by atoms with Crippen molar-refractivity contribution < 1.29 is 0 Å². The van der Waals surface area contributed by atoms with Crippen LogP contribution in [-0.4, -0.2) is 4.98 Å². The molecule has 1 aromatic carbocycles. The predicted octanol–water partition coefficient (Wildman–Crippen LogP) is 4.09. The number of halogens is 3. The Balaban J connectivity index is 2.40. The van der Waals surface area contributed by atoms with Crippen LogP contribution in [-0.2, 0) is 0 Å². The minimum absolute atomic E-state index is 0.418. The van der Waals surface area contributed by atoms with Gasteiger partial charge < -0.3 is 5.73 Å². The molecule has 0 amide bonds. The molecule has 5 heteroatoms. The van der Waals surface area contributed by atoms with Gasteiger partial charge in [0.05, 0.1) is 26.8 Å². The van der Waals surface area contributed by atoms with E-state index in [1.54, 1.807) is 30.5 Å². The molecule has 2 nitrogen and oxygen atoms in total. The molecule has 1 heterocycles. The minimum atomic E-state index is -0.418. The lowest BCUT2D eigenvalue weighted by atomic mass is 10.0. The van der Waals surface area contributed by atoms with Crippen molar-refractivity contribution in [2.45, 2.75) is 6.04 Å². The van der Waals surface area contributed by atoms with E-state index in [0.29, 0.717) is 20.8 Å². The highest BCUT2D eigenvalue weighted by Crippen LogP contribution is 2.31. The van der Waals surface area contributed by atoms with E-state index in [0.717, 1.165) is 5.56 Å². The van der Waals surface area contributed by atoms with Gasteiger partial charge in [0.1, 0.15) is 0 Å². The quantitative estimate of drug-likeness (QED) is 0.903. The monoisotopic (exact) mass is 286 g/mol. The molecule has 2 N–H and O–H groups in total. The first-order valence-corrected chi connectivity index (χ1v) is 6.04.